The van der Waals surface area contributed by atoms with Gasteiger partial charge in [0.1, 0.15) is 5.76 Å². The van der Waals surface area contributed by atoms with Crippen LogP contribution in [0.2, 0.25) is 0 Å². The van der Waals surface area contributed by atoms with Crippen LogP contribution in [0.25, 0.3) is 0 Å². The maximum absolute atomic E-state index is 11.1. The van der Waals surface area contributed by atoms with Crippen LogP contribution in [0.1, 0.15) is 12.8 Å². The third-order valence-electron chi connectivity index (χ3n) is 2.87. The number of nitrogens with one attached hydrogen (secondary N) is 1. The lowest BCUT2D eigenvalue weighted by atomic mass is 9.84. The molecule has 0 saturated carbocycles. The van der Waals surface area contributed by atoms with E-state index in [9.17, 15) is 4.79 Å². The molecule has 4 heteroatoms. The molecule has 1 fully saturated rings. The number of nitrogens with zero attached hydrogens (tertiary/aromatic N) is 1. The quantitative estimate of drug-likeness (QED) is 0.627. The summed E-state index contributed by atoms with van der Waals surface area (Å²) in [6.45, 7) is 0. The van der Waals surface area contributed by atoms with E-state index < -0.39 is 0 Å². The highest BCUT2D eigenvalue weighted by Crippen LogP contribution is 2.35. The SMILES string of the molecule is O=C1NC2CCC3C=NC=CC3=C2O1. The molecule has 14 heavy (non-hydrogen) atoms. The molecule has 2 atom stereocenters. The van der Waals surface area contributed by atoms with Gasteiger partial charge in [-0.1, -0.05) is 0 Å². The van der Waals surface area contributed by atoms with Crippen molar-refractivity contribution in [3.8, 4) is 0 Å². The monoisotopic (exact) mass is 190 g/mol. The highest BCUT2D eigenvalue weighted by Gasteiger charge is 2.37. The minimum atomic E-state index is -0.325. The Labute approximate surface area is 81.3 Å². The molecule has 0 bridgehead atoms. The molecule has 3 rings (SSSR count). The summed E-state index contributed by atoms with van der Waals surface area (Å²) in [7, 11) is 0. The van der Waals surface area contributed by atoms with Gasteiger partial charge in [-0.25, -0.2) is 4.79 Å². The van der Waals surface area contributed by atoms with Crippen LogP contribution in [0.3, 0.4) is 0 Å². The van der Waals surface area contributed by atoms with Crippen molar-refractivity contribution in [1.29, 1.82) is 0 Å². The van der Waals surface area contributed by atoms with E-state index in [1.807, 2.05) is 12.3 Å². The van der Waals surface area contributed by atoms with Gasteiger partial charge >= 0.3 is 6.09 Å². The summed E-state index contributed by atoms with van der Waals surface area (Å²) < 4.78 is 5.15. The molecule has 2 unspecified atom stereocenters. The van der Waals surface area contributed by atoms with E-state index in [-0.39, 0.29) is 12.1 Å². The lowest BCUT2D eigenvalue weighted by Crippen LogP contribution is -2.30. The van der Waals surface area contributed by atoms with Crippen LogP contribution in [-0.2, 0) is 4.74 Å². The summed E-state index contributed by atoms with van der Waals surface area (Å²) in [5, 5.41) is 2.79. The summed E-state index contributed by atoms with van der Waals surface area (Å²) in [6.07, 6.45) is 7.25. The van der Waals surface area contributed by atoms with Gasteiger partial charge in [-0.3, -0.25) is 4.99 Å². The fourth-order valence-electron chi connectivity index (χ4n) is 2.19. The Morgan fingerprint density at radius 3 is 3.36 bits per heavy atom. The zero-order valence-electron chi connectivity index (χ0n) is 7.56. The number of hydrogen-bond acceptors (Lipinski definition) is 3. The van der Waals surface area contributed by atoms with Crippen molar-refractivity contribution in [2.75, 3.05) is 0 Å². The number of carbonyl (C=O) groups excluding carboxylic acids is 1. The predicted octanol–water partition coefficient (Wildman–Crippen LogP) is 1.36. The highest BCUT2D eigenvalue weighted by molar-refractivity contribution is 5.76. The van der Waals surface area contributed by atoms with Gasteiger partial charge in [0, 0.05) is 23.9 Å². The molecule has 0 spiro atoms. The molecule has 4 nitrogen and oxygen atoms in total. The van der Waals surface area contributed by atoms with Crippen LogP contribution < -0.4 is 5.32 Å². The Balaban J connectivity index is 2.06. The van der Waals surface area contributed by atoms with Crippen LogP contribution in [0, 0.1) is 5.92 Å². The van der Waals surface area contributed by atoms with E-state index in [0.29, 0.717) is 5.92 Å². The average Bonchev–Trinajstić information content (AvgIpc) is 2.59. The van der Waals surface area contributed by atoms with Crippen LogP contribution in [0.5, 0.6) is 0 Å². The first kappa shape index (κ1) is 7.79. The first-order chi connectivity index (χ1) is 6.84. The fraction of sp³-hybridized carbons (Fsp3) is 0.400. The number of allylic oxidation sites excluding steroid dienone is 2. The number of ether oxygens (including phenoxy) is 1. The fourth-order valence-corrected chi connectivity index (χ4v) is 2.19. The van der Waals surface area contributed by atoms with E-state index >= 15 is 0 Å². The molecule has 0 aromatic heterocycles. The maximum Gasteiger partial charge on any atom is 0.412 e. The third-order valence-corrected chi connectivity index (χ3v) is 2.87. The molecule has 1 aliphatic carbocycles. The van der Waals surface area contributed by atoms with Crippen molar-refractivity contribution < 1.29 is 9.53 Å². The Morgan fingerprint density at radius 2 is 2.43 bits per heavy atom. The molecule has 3 aliphatic rings. The summed E-state index contributed by atoms with van der Waals surface area (Å²) in [5.41, 5.74) is 1.11. The van der Waals surface area contributed by atoms with Crippen LogP contribution in [0.15, 0.2) is 28.6 Å². The van der Waals surface area contributed by atoms with E-state index in [0.717, 1.165) is 24.2 Å². The van der Waals surface area contributed by atoms with Gasteiger partial charge < -0.3 is 10.1 Å². The van der Waals surface area contributed by atoms with Gasteiger partial charge in [0.2, 0.25) is 0 Å². The van der Waals surface area contributed by atoms with E-state index in [4.69, 9.17) is 4.74 Å². The highest BCUT2D eigenvalue weighted by atomic mass is 16.6. The largest absolute Gasteiger partial charge is 0.412 e. The van der Waals surface area contributed by atoms with Crippen molar-refractivity contribution in [2.24, 2.45) is 10.9 Å². The normalized spacial score (nSPS) is 33.6. The zero-order chi connectivity index (χ0) is 9.54. The van der Waals surface area contributed by atoms with Gasteiger partial charge in [0.05, 0.1) is 6.04 Å². The van der Waals surface area contributed by atoms with Crippen molar-refractivity contribution in [1.82, 2.24) is 5.32 Å². The Kier molecular flexibility index (Phi) is 1.50. The summed E-state index contributed by atoms with van der Waals surface area (Å²) in [6, 6.07) is 0.0879. The molecule has 2 heterocycles. The van der Waals surface area contributed by atoms with Gasteiger partial charge in [-0.05, 0) is 18.9 Å². The van der Waals surface area contributed by atoms with Crippen molar-refractivity contribution >= 4 is 12.3 Å². The van der Waals surface area contributed by atoms with Gasteiger partial charge in [-0.15, -0.1) is 0 Å². The van der Waals surface area contributed by atoms with Gasteiger partial charge in [0.15, 0.2) is 0 Å². The minimum absolute atomic E-state index is 0.0879. The Bertz CT molecular complexity index is 382. The summed E-state index contributed by atoms with van der Waals surface area (Å²) in [4.78, 5) is 15.2. The number of aliphatic imine (C=N–C) groups is 1. The maximum atomic E-state index is 11.1. The number of alkyl carbamates (subject to hydrolysis) is 1. The van der Waals surface area contributed by atoms with Crippen LogP contribution in [-0.4, -0.2) is 18.3 Å². The topological polar surface area (TPSA) is 50.7 Å². The molecule has 72 valence electrons. The second kappa shape index (κ2) is 2.70. The number of carbonyl (C=O) groups is 1. The number of rotatable bonds is 0. The summed E-state index contributed by atoms with van der Waals surface area (Å²) in [5.74, 6) is 1.13. The number of fused-ring (bicyclic) bond motifs is 2. The Morgan fingerprint density at radius 1 is 1.50 bits per heavy atom. The molecule has 1 N–H and O–H groups in total. The number of amides is 1. The van der Waals surface area contributed by atoms with Crippen LogP contribution >= 0.6 is 0 Å². The smallest absolute Gasteiger partial charge is 0.412 e. The molecular weight excluding hydrogens is 180 g/mol. The van der Waals surface area contributed by atoms with E-state index in [1.165, 1.54) is 0 Å². The van der Waals surface area contributed by atoms with Gasteiger partial charge in [-0.2, -0.15) is 0 Å². The third kappa shape index (κ3) is 0.999. The molecule has 1 amide bonds. The lowest BCUT2D eigenvalue weighted by Gasteiger charge is -2.25. The molecule has 0 radical (unpaired) electrons. The molecule has 2 aliphatic heterocycles. The zero-order valence-corrected chi connectivity index (χ0v) is 7.56. The van der Waals surface area contributed by atoms with Crippen LogP contribution in [0.4, 0.5) is 4.79 Å². The molecule has 1 saturated heterocycles. The average molecular weight is 190 g/mol. The van der Waals surface area contributed by atoms with Crippen molar-refractivity contribution in [2.45, 2.75) is 18.9 Å². The van der Waals surface area contributed by atoms with Crippen molar-refractivity contribution in [3.63, 3.8) is 0 Å². The van der Waals surface area contributed by atoms with E-state index in [2.05, 4.69) is 10.3 Å². The lowest BCUT2D eigenvalue weighted by molar-refractivity contribution is 0.194. The first-order valence-corrected chi connectivity index (χ1v) is 4.77. The van der Waals surface area contributed by atoms with E-state index in [1.54, 1.807) is 6.20 Å². The Hall–Kier alpha value is -1.58. The van der Waals surface area contributed by atoms with Crippen molar-refractivity contribution in [3.05, 3.63) is 23.6 Å². The second-order valence-corrected chi connectivity index (χ2v) is 3.70. The minimum Gasteiger partial charge on any atom is -0.412 e. The number of hydrogen-bond donors (Lipinski definition) is 1. The molecular formula is C10H10N2O2. The standard InChI is InChI=1S/C10H10N2O2/c13-10-12-8-2-1-6-5-11-4-3-7(6)9(8)14-10/h3-6,8H,1-2H2,(H,12,13). The summed E-state index contributed by atoms with van der Waals surface area (Å²) >= 11 is 0. The van der Waals surface area contributed by atoms with Gasteiger partial charge in [0.25, 0.3) is 0 Å². The molecule has 0 aromatic rings. The first-order valence-electron chi connectivity index (χ1n) is 4.77. The molecule has 0 aromatic carbocycles. The second-order valence-electron chi connectivity index (χ2n) is 3.70. The predicted molar refractivity (Wildman–Crippen MR) is 50.8 cm³/mol.